The number of carboxylic acids is 1. The summed E-state index contributed by atoms with van der Waals surface area (Å²) < 4.78 is 37.7. The summed E-state index contributed by atoms with van der Waals surface area (Å²) in [6.45, 7) is 0. The summed E-state index contributed by atoms with van der Waals surface area (Å²) in [5, 5.41) is 10.5. The van der Waals surface area contributed by atoms with Crippen molar-refractivity contribution in [3.8, 4) is 0 Å². The van der Waals surface area contributed by atoms with Gasteiger partial charge in [0.25, 0.3) is 11.9 Å². The van der Waals surface area contributed by atoms with Gasteiger partial charge in [-0.2, -0.15) is 18.2 Å². The second-order valence-electron chi connectivity index (χ2n) is 7.37. The third-order valence-electron chi connectivity index (χ3n) is 5.22. The van der Waals surface area contributed by atoms with Crippen molar-refractivity contribution in [1.82, 2.24) is 5.32 Å². The topological polar surface area (TPSA) is 88.0 Å². The van der Waals surface area contributed by atoms with E-state index in [4.69, 9.17) is 14.6 Å². The highest BCUT2D eigenvalue weighted by Crippen LogP contribution is 2.36. The first-order chi connectivity index (χ1) is 12.7. The van der Waals surface area contributed by atoms with Crippen LogP contribution in [-0.4, -0.2) is 40.8 Å². The summed E-state index contributed by atoms with van der Waals surface area (Å²) in [5.41, 5.74) is -0.609. The molecule has 2 saturated carbocycles. The molecule has 1 spiro atoms. The number of aliphatic carboxylic acids is 1. The molecule has 2 fully saturated rings. The summed E-state index contributed by atoms with van der Waals surface area (Å²) in [6, 6.07) is 0.933. The molecule has 154 valence electrons. The number of amides is 1. The highest BCUT2D eigenvalue weighted by molar-refractivity contribution is 6.01. The van der Waals surface area contributed by atoms with Crippen molar-refractivity contribution in [1.29, 1.82) is 0 Å². The molecule has 3 rings (SSSR count). The Bertz CT molecular complexity index is 549. The van der Waals surface area contributed by atoms with Crippen LogP contribution in [0, 0.1) is 0 Å². The van der Waals surface area contributed by atoms with E-state index in [1.54, 1.807) is 0 Å². The van der Waals surface area contributed by atoms with Gasteiger partial charge in [0.15, 0.2) is 5.60 Å². The smallest absolute Gasteiger partial charge is 0.475 e. The molecular weight excluding hydrogens is 365 g/mol. The number of nitrogens with one attached hydrogen (secondary N) is 1. The number of nitrogens with zero attached hydrogens (tertiary/aromatic N) is 1. The predicted molar refractivity (Wildman–Crippen MR) is 92.3 cm³/mol. The normalized spacial score (nSPS) is 23.4. The molecule has 0 unspecified atom stereocenters. The number of ether oxygens (including phenoxy) is 1. The number of rotatable bonds is 1. The molecule has 0 radical (unpaired) electrons. The minimum atomic E-state index is -5.08. The zero-order valence-electron chi connectivity index (χ0n) is 15.3. The van der Waals surface area contributed by atoms with Crippen LogP contribution in [0.4, 0.5) is 13.2 Å². The maximum atomic E-state index is 12.2. The Kier molecular flexibility index (Phi) is 7.49. The van der Waals surface area contributed by atoms with Gasteiger partial charge in [0.1, 0.15) is 0 Å². The van der Waals surface area contributed by atoms with Crippen LogP contribution in [0.25, 0.3) is 0 Å². The van der Waals surface area contributed by atoms with Crippen LogP contribution in [0.5, 0.6) is 0 Å². The minimum Gasteiger partial charge on any atom is -0.475 e. The molecule has 0 atom stereocenters. The van der Waals surface area contributed by atoms with Crippen molar-refractivity contribution >= 4 is 17.9 Å². The zero-order valence-corrected chi connectivity index (χ0v) is 15.3. The van der Waals surface area contributed by atoms with Crippen molar-refractivity contribution in [2.75, 3.05) is 0 Å². The molecule has 1 heterocycles. The van der Waals surface area contributed by atoms with Crippen molar-refractivity contribution < 1.29 is 32.6 Å². The maximum absolute atomic E-state index is 12.2. The van der Waals surface area contributed by atoms with Crippen molar-refractivity contribution in [3.63, 3.8) is 0 Å². The molecule has 1 amide bonds. The van der Waals surface area contributed by atoms with Gasteiger partial charge in [-0.25, -0.2) is 4.79 Å². The van der Waals surface area contributed by atoms with E-state index in [1.807, 2.05) is 0 Å². The summed E-state index contributed by atoms with van der Waals surface area (Å²) in [5.74, 6) is -2.81. The molecule has 0 bridgehead atoms. The SMILES string of the molecule is O=C(O)C(F)(F)F.O=C1N=C(NC2CCCCCCC2)OC12CCCCC2. The highest BCUT2D eigenvalue weighted by atomic mass is 19.4. The summed E-state index contributed by atoms with van der Waals surface area (Å²) in [7, 11) is 0. The van der Waals surface area contributed by atoms with Gasteiger partial charge in [0.05, 0.1) is 0 Å². The van der Waals surface area contributed by atoms with Crippen LogP contribution >= 0.6 is 0 Å². The van der Waals surface area contributed by atoms with Crippen LogP contribution in [-0.2, 0) is 14.3 Å². The number of aliphatic imine (C=N–C) groups is 1. The van der Waals surface area contributed by atoms with Gasteiger partial charge in [-0.05, 0) is 38.5 Å². The van der Waals surface area contributed by atoms with Gasteiger partial charge < -0.3 is 15.2 Å². The Labute approximate surface area is 156 Å². The second-order valence-corrected chi connectivity index (χ2v) is 7.37. The van der Waals surface area contributed by atoms with E-state index in [0.29, 0.717) is 12.1 Å². The van der Waals surface area contributed by atoms with E-state index in [1.165, 1.54) is 51.4 Å². The number of hydrogen-bond donors (Lipinski definition) is 2. The average Bonchev–Trinajstić information content (AvgIpc) is 2.85. The first kappa shape index (κ1) is 21.5. The first-order valence-corrected chi connectivity index (χ1v) is 9.62. The minimum absolute atomic E-state index is 0.0504. The summed E-state index contributed by atoms with van der Waals surface area (Å²) >= 11 is 0. The Morgan fingerprint density at radius 2 is 1.52 bits per heavy atom. The molecule has 3 aliphatic rings. The van der Waals surface area contributed by atoms with Gasteiger partial charge in [-0.1, -0.05) is 38.5 Å². The van der Waals surface area contributed by atoms with Crippen LogP contribution in [0.2, 0.25) is 0 Å². The lowest BCUT2D eigenvalue weighted by Gasteiger charge is -2.30. The number of alkyl halides is 3. The van der Waals surface area contributed by atoms with Crippen LogP contribution in [0.1, 0.15) is 77.0 Å². The fourth-order valence-electron chi connectivity index (χ4n) is 3.72. The number of hydrogen-bond acceptors (Lipinski definition) is 4. The van der Waals surface area contributed by atoms with E-state index in [-0.39, 0.29) is 5.91 Å². The molecule has 1 aliphatic heterocycles. The molecule has 0 aromatic heterocycles. The third kappa shape index (κ3) is 6.39. The fraction of sp³-hybridized carbons (Fsp3) is 0.833. The van der Waals surface area contributed by atoms with E-state index < -0.39 is 17.7 Å². The largest absolute Gasteiger partial charge is 0.490 e. The predicted octanol–water partition coefficient (Wildman–Crippen LogP) is 3.94. The van der Waals surface area contributed by atoms with Gasteiger partial charge in [0, 0.05) is 6.04 Å². The Hall–Kier alpha value is -1.80. The van der Waals surface area contributed by atoms with E-state index in [2.05, 4.69) is 10.3 Å². The van der Waals surface area contributed by atoms with E-state index >= 15 is 0 Å². The number of carboxylic acid groups (broad SMARTS) is 1. The van der Waals surface area contributed by atoms with Crippen molar-refractivity contribution in [2.45, 2.75) is 94.9 Å². The van der Waals surface area contributed by atoms with Crippen LogP contribution < -0.4 is 5.32 Å². The summed E-state index contributed by atoms with van der Waals surface area (Å²) in [4.78, 5) is 25.2. The second kappa shape index (κ2) is 9.41. The Morgan fingerprint density at radius 3 is 2.04 bits per heavy atom. The number of halogens is 3. The Morgan fingerprint density at radius 1 is 1.04 bits per heavy atom. The van der Waals surface area contributed by atoms with Gasteiger partial charge in [0.2, 0.25) is 0 Å². The lowest BCUT2D eigenvalue weighted by Crippen LogP contribution is -2.42. The lowest BCUT2D eigenvalue weighted by atomic mass is 9.84. The van der Waals surface area contributed by atoms with Crippen LogP contribution in [0.3, 0.4) is 0 Å². The number of carbonyl (C=O) groups is 2. The van der Waals surface area contributed by atoms with E-state index in [0.717, 1.165) is 25.7 Å². The fourth-order valence-corrected chi connectivity index (χ4v) is 3.72. The first-order valence-electron chi connectivity index (χ1n) is 9.62. The average molecular weight is 392 g/mol. The molecule has 9 heteroatoms. The molecular formula is C18H27F3N2O4. The Balaban J connectivity index is 0.000000321. The van der Waals surface area contributed by atoms with Crippen molar-refractivity contribution in [2.24, 2.45) is 4.99 Å². The third-order valence-corrected chi connectivity index (χ3v) is 5.22. The maximum Gasteiger partial charge on any atom is 0.490 e. The highest BCUT2D eigenvalue weighted by Gasteiger charge is 2.47. The molecule has 0 aromatic rings. The number of carbonyl (C=O) groups excluding carboxylic acids is 1. The van der Waals surface area contributed by atoms with Crippen LogP contribution in [0.15, 0.2) is 4.99 Å². The molecule has 6 nitrogen and oxygen atoms in total. The van der Waals surface area contributed by atoms with Gasteiger partial charge >= 0.3 is 12.1 Å². The van der Waals surface area contributed by atoms with Crippen molar-refractivity contribution in [3.05, 3.63) is 0 Å². The molecule has 0 aromatic carbocycles. The molecule has 2 N–H and O–H groups in total. The van der Waals surface area contributed by atoms with Gasteiger partial charge in [-0.15, -0.1) is 0 Å². The molecule has 0 saturated heterocycles. The quantitative estimate of drug-likeness (QED) is 0.706. The van der Waals surface area contributed by atoms with E-state index in [9.17, 15) is 18.0 Å². The summed E-state index contributed by atoms with van der Waals surface area (Å²) in [6.07, 6.45) is 8.87. The van der Waals surface area contributed by atoms with Gasteiger partial charge in [-0.3, -0.25) is 4.79 Å². The lowest BCUT2D eigenvalue weighted by molar-refractivity contribution is -0.192. The molecule has 27 heavy (non-hydrogen) atoms. The molecule has 2 aliphatic carbocycles. The number of amidine groups is 1. The zero-order chi connectivity index (χ0) is 19.9. The monoisotopic (exact) mass is 392 g/mol. The standard InChI is InChI=1S/C16H26N2O2.C2HF3O2/c19-14-16(11-7-4-8-12-16)20-15(18-14)17-13-9-5-2-1-3-6-10-13;3-2(4,5)1(6)7/h13H,1-12H2,(H,17,18,19);(H,6,7).